The van der Waals surface area contributed by atoms with E-state index >= 15 is 0 Å². The summed E-state index contributed by atoms with van der Waals surface area (Å²) in [4.78, 5) is 37.5. The van der Waals surface area contributed by atoms with Gasteiger partial charge in [0.2, 0.25) is 5.91 Å². The van der Waals surface area contributed by atoms with Crippen LogP contribution in [0.25, 0.3) is 0 Å². The van der Waals surface area contributed by atoms with E-state index in [2.05, 4.69) is 5.32 Å². The lowest BCUT2D eigenvalue weighted by Crippen LogP contribution is -2.42. The lowest BCUT2D eigenvalue weighted by molar-refractivity contribution is -0.150. The highest BCUT2D eigenvalue weighted by Gasteiger charge is 2.34. The second-order valence-corrected chi connectivity index (χ2v) is 7.93. The largest absolute Gasteiger partial charge is 0.467 e. The predicted octanol–water partition coefficient (Wildman–Crippen LogP) is 2.94. The number of amides is 2. The van der Waals surface area contributed by atoms with Crippen molar-refractivity contribution < 1.29 is 28.2 Å². The molecule has 154 valence electrons. The van der Waals surface area contributed by atoms with E-state index in [0.717, 1.165) is 6.08 Å². The molecule has 1 saturated heterocycles. The lowest BCUT2D eigenvalue weighted by atomic mass is 10.0. The fourth-order valence-electron chi connectivity index (χ4n) is 2.86. The predicted molar refractivity (Wildman–Crippen MR) is 98.6 cm³/mol. The average Bonchev–Trinajstić information content (AvgIpc) is 3.04. The number of hydrogen-bond donors (Lipinski definition) is 1. The molecule has 27 heavy (non-hydrogen) atoms. The zero-order chi connectivity index (χ0) is 20.8. The van der Waals surface area contributed by atoms with Crippen LogP contribution in [-0.2, 0) is 19.1 Å². The van der Waals surface area contributed by atoms with Crippen LogP contribution in [0.1, 0.15) is 53.9 Å². The standard InChI is InChI=1S/C19H31FN2O5/c1-12(2)16(21-18(25)27-19(3,4)5)13(20)9-10-15(23)22-11-7-8-14(22)17(24)26-6/h9,12,14,16H,7-8,10-11H2,1-6H3,(H,21,25)/b13-9-/t14-,16+/m0/s1. The lowest BCUT2D eigenvalue weighted by Gasteiger charge is -2.25. The molecule has 1 aliphatic rings. The number of alkyl carbamates (subject to hydrolysis) is 1. The first kappa shape index (κ1) is 22.9. The third-order valence-electron chi connectivity index (χ3n) is 4.15. The molecular formula is C19H31FN2O5. The minimum atomic E-state index is -0.900. The number of methoxy groups -OCH3 is 1. The molecule has 1 fully saturated rings. The number of likely N-dealkylation sites (tertiary alicyclic amines) is 1. The van der Waals surface area contributed by atoms with Crippen molar-refractivity contribution in [1.82, 2.24) is 10.2 Å². The molecule has 0 saturated carbocycles. The summed E-state index contributed by atoms with van der Waals surface area (Å²) in [6.07, 6.45) is 1.48. The Morgan fingerprint density at radius 1 is 1.30 bits per heavy atom. The number of rotatable bonds is 6. The summed E-state index contributed by atoms with van der Waals surface area (Å²) in [5, 5.41) is 2.50. The van der Waals surface area contributed by atoms with E-state index in [1.165, 1.54) is 12.0 Å². The molecule has 1 N–H and O–H groups in total. The SMILES string of the molecule is COC(=O)[C@@H]1CCCN1C(=O)C/C=C(\F)[C@H](NC(=O)OC(C)(C)C)C(C)C. The van der Waals surface area contributed by atoms with E-state index < -0.39 is 35.6 Å². The van der Waals surface area contributed by atoms with Gasteiger partial charge in [0.1, 0.15) is 17.5 Å². The first-order valence-corrected chi connectivity index (χ1v) is 9.18. The fourth-order valence-corrected chi connectivity index (χ4v) is 2.86. The third kappa shape index (κ3) is 7.19. The maximum absolute atomic E-state index is 14.6. The van der Waals surface area contributed by atoms with Gasteiger partial charge in [-0.15, -0.1) is 0 Å². The van der Waals surface area contributed by atoms with Crippen molar-refractivity contribution in [2.45, 2.75) is 71.6 Å². The molecule has 0 aromatic carbocycles. The summed E-state index contributed by atoms with van der Waals surface area (Å²) >= 11 is 0. The quantitative estimate of drug-likeness (QED) is 0.710. The van der Waals surface area contributed by atoms with Crippen LogP contribution in [0.5, 0.6) is 0 Å². The van der Waals surface area contributed by atoms with Gasteiger partial charge in [-0.2, -0.15) is 0 Å². The fraction of sp³-hybridized carbons (Fsp3) is 0.737. The van der Waals surface area contributed by atoms with Crippen molar-refractivity contribution in [3.05, 3.63) is 11.9 Å². The van der Waals surface area contributed by atoms with E-state index in [4.69, 9.17) is 9.47 Å². The molecule has 8 heteroatoms. The number of hydrogen-bond acceptors (Lipinski definition) is 5. The molecule has 0 aromatic rings. The summed E-state index contributed by atoms with van der Waals surface area (Å²) in [7, 11) is 1.28. The molecule has 1 aliphatic heterocycles. The van der Waals surface area contributed by atoms with Crippen LogP contribution in [0, 0.1) is 5.92 Å². The third-order valence-corrected chi connectivity index (χ3v) is 4.15. The summed E-state index contributed by atoms with van der Waals surface area (Å²) in [5.41, 5.74) is -0.694. The Balaban J connectivity index is 2.74. The van der Waals surface area contributed by atoms with E-state index in [-0.39, 0.29) is 18.2 Å². The zero-order valence-corrected chi connectivity index (χ0v) is 17.0. The summed E-state index contributed by atoms with van der Waals surface area (Å²) in [6.45, 7) is 9.11. The summed E-state index contributed by atoms with van der Waals surface area (Å²) < 4.78 is 24.5. The van der Waals surface area contributed by atoms with Crippen molar-refractivity contribution in [2.24, 2.45) is 5.92 Å². The number of ether oxygens (including phenoxy) is 2. The Morgan fingerprint density at radius 3 is 2.44 bits per heavy atom. The Hall–Kier alpha value is -2.12. The van der Waals surface area contributed by atoms with Crippen molar-refractivity contribution >= 4 is 18.0 Å². The normalized spacial score (nSPS) is 19.0. The average molecular weight is 386 g/mol. The molecule has 0 radical (unpaired) electrons. The molecule has 0 spiro atoms. The molecule has 0 aliphatic carbocycles. The van der Waals surface area contributed by atoms with Crippen LogP contribution >= 0.6 is 0 Å². The topological polar surface area (TPSA) is 84.9 Å². The highest BCUT2D eigenvalue weighted by atomic mass is 19.1. The monoisotopic (exact) mass is 386 g/mol. The Bertz CT molecular complexity index is 583. The van der Waals surface area contributed by atoms with Gasteiger partial charge in [0, 0.05) is 13.0 Å². The van der Waals surface area contributed by atoms with Crippen molar-refractivity contribution in [1.29, 1.82) is 0 Å². The smallest absolute Gasteiger partial charge is 0.408 e. The summed E-state index contributed by atoms with van der Waals surface area (Å²) in [6, 6.07) is -1.51. The number of halogens is 1. The molecule has 7 nitrogen and oxygen atoms in total. The van der Waals surface area contributed by atoms with Gasteiger partial charge in [-0.3, -0.25) is 4.79 Å². The van der Waals surface area contributed by atoms with Crippen LogP contribution in [-0.4, -0.2) is 54.2 Å². The summed E-state index contributed by atoms with van der Waals surface area (Å²) in [5.74, 6) is -1.66. The molecule has 1 rings (SSSR count). The van der Waals surface area contributed by atoms with Crippen LogP contribution in [0.2, 0.25) is 0 Å². The van der Waals surface area contributed by atoms with Gasteiger partial charge in [-0.05, 0) is 45.6 Å². The Morgan fingerprint density at radius 2 is 1.93 bits per heavy atom. The van der Waals surface area contributed by atoms with E-state index in [0.29, 0.717) is 19.4 Å². The van der Waals surface area contributed by atoms with Crippen LogP contribution in [0.15, 0.2) is 11.9 Å². The first-order chi connectivity index (χ1) is 12.5. The molecular weight excluding hydrogens is 355 g/mol. The molecule has 0 aromatic heterocycles. The number of carbonyl (C=O) groups excluding carboxylic acids is 3. The number of esters is 1. The Labute approximate surface area is 160 Å². The van der Waals surface area contributed by atoms with E-state index in [9.17, 15) is 18.8 Å². The molecule has 0 unspecified atom stereocenters. The number of nitrogens with one attached hydrogen (secondary N) is 1. The van der Waals surface area contributed by atoms with Gasteiger partial charge < -0.3 is 19.7 Å². The van der Waals surface area contributed by atoms with Gasteiger partial charge in [0.05, 0.1) is 13.2 Å². The maximum atomic E-state index is 14.6. The van der Waals surface area contributed by atoms with Gasteiger partial charge in [0.15, 0.2) is 0 Å². The van der Waals surface area contributed by atoms with Crippen molar-refractivity contribution in [3.63, 3.8) is 0 Å². The number of carbonyl (C=O) groups is 3. The second-order valence-electron chi connectivity index (χ2n) is 7.93. The Kier molecular flexibility index (Phi) is 8.24. The van der Waals surface area contributed by atoms with Crippen molar-refractivity contribution in [3.8, 4) is 0 Å². The molecule has 2 atom stereocenters. The van der Waals surface area contributed by atoms with Crippen molar-refractivity contribution in [2.75, 3.05) is 13.7 Å². The second kappa shape index (κ2) is 9.71. The van der Waals surface area contributed by atoms with Crippen LogP contribution in [0.4, 0.5) is 9.18 Å². The van der Waals surface area contributed by atoms with Gasteiger partial charge in [-0.1, -0.05) is 13.8 Å². The number of nitrogens with zero attached hydrogens (tertiary/aromatic N) is 1. The van der Waals surface area contributed by atoms with Gasteiger partial charge in [-0.25, -0.2) is 14.0 Å². The van der Waals surface area contributed by atoms with E-state index in [1.807, 2.05) is 0 Å². The van der Waals surface area contributed by atoms with Crippen LogP contribution < -0.4 is 5.32 Å². The maximum Gasteiger partial charge on any atom is 0.408 e. The zero-order valence-electron chi connectivity index (χ0n) is 17.0. The van der Waals surface area contributed by atoms with E-state index in [1.54, 1.807) is 34.6 Å². The molecule has 2 amide bonds. The highest BCUT2D eigenvalue weighted by molar-refractivity contribution is 5.85. The highest BCUT2D eigenvalue weighted by Crippen LogP contribution is 2.21. The van der Waals surface area contributed by atoms with Gasteiger partial charge in [0.25, 0.3) is 0 Å². The molecule has 0 bridgehead atoms. The minimum Gasteiger partial charge on any atom is -0.467 e. The van der Waals surface area contributed by atoms with Crippen LogP contribution in [0.3, 0.4) is 0 Å². The van der Waals surface area contributed by atoms with Gasteiger partial charge >= 0.3 is 12.1 Å². The minimum absolute atomic E-state index is 0.196. The molecule has 1 heterocycles. The first-order valence-electron chi connectivity index (χ1n) is 9.18.